The maximum Gasteiger partial charge on any atom is 0.243 e. The first-order valence-corrected chi connectivity index (χ1v) is 9.71. The van der Waals surface area contributed by atoms with Crippen molar-refractivity contribution in [3.63, 3.8) is 0 Å². The summed E-state index contributed by atoms with van der Waals surface area (Å²) in [4.78, 5) is 0.337. The van der Waals surface area contributed by atoms with Crippen molar-refractivity contribution in [3.05, 3.63) is 53.5 Å². The quantitative estimate of drug-likeness (QED) is 0.792. The Balaban J connectivity index is 2.05. The molecule has 1 aromatic heterocycles. The van der Waals surface area contributed by atoms with Crippen LogP contribution in [0.15, 0.2) is 45.7 Å². The average Bonchev–Trinajstić information content (AvgIpc) is 2.99. The number of rotatable bonds is 8. The third-order valence-corrected chi connectivity index (χ3v) is 6.17. The molecular weight excluding hydrogens is 324 g/mol. The average molecular weight is 350 g/mol. The fraction of sp³-hybridized carbons (Fsp3) is 0.444. The van der Waals surface area contributed by atoms with Crippen LogP contribution in [0.2, 0.25) is 0 Å². The Labute approximate surface area is 144 Å². The van der Waals surface area contributed by atoms with Crippen LogP contribution in [-0.2, 0) is 16.6 Å². The molecule has 1 N–H and O–H groups in total. The minimum absolute atomic E-state index is 0.0978. The van der Waals surface area contributed by atoms with Crippen LogP contribution in [-0.4, -0.2) is 25.8 Å². The van der Waals surface area contributed by atoms with E-state index in [1.54, 1.807) is 12.1 Å². The van der Waals surface area contributed by atoms with Gasteiger partial charge in [-0.3, -0.25) is 0 Å². The van der Waals surface area contributed by atoms with E-state index < -0.39 is 10.0 Å². The molecule has 1 unspecified atom stereocenters. The summed E-state index contributed by atoms with van der Waals surface area (Å²) in [6, 6.07) is 11.1. The van der Waals surface area contributed by atoms with Crippen molar-refractivity contribution < 1.29 is 12.8 Å². The zero-order valence-electron chi connectivity index (χ0n) is 14.7. The van der Waals surface area contributed by atoms with E-state index >= 15 is 0 Å². The van der Waals surface area contributed by atoms with Crippen LogP contribution >= 0.6 is 0 Å². The molecule has 0 saturated heterocycles. The molecule has 6 heteroatoms. The van der Waals surface area contributed by atoms with E-state index in [1.807, 2.05) is 52.0 Å². The first kappa shape index (κ1) is 18.7. The van der Waals surface area contributed by atoms with Crippen molar-refractivity contribution in [2.24, 2.45) is 0 Å². The largest absolute Gasteiger partial charge is 0.465 e. The first-order chi connectivity index (χ1) is 11.4. The minimum Gasteiger partial charge on any atom is -0.465 e. The molecule has 0 saturated carbocycles. The van der Waals surface area contributed by atoms with Gasteiger partial charge in [-0.1, -0.05) is 26.0 Å². The standard InChI is InChI=1S/C18H26N2O3S/c1-5-20(6-2)24(21,22)18-11-8-16(9-12-18)15(4)19-13-17-10-7-14(3)23-17/h7-12,15,19H,5-6,13H2,1-4H3. The SMILES string of the molecule is CCN(CC)S(=O)(=O)c1ccc(C(C)NCc2ccc(C)o2)cc1. The summed E-state index contributed by atoms with van der Waals surface area (Å²) in [6.07, 6.45) is 0. The van der Waals surface area contributed by atoms with Gasteiger partial charge in [-0.05, 0) is 43.7 Å². The van der Waals surface area contributed by atoms with Gasteiger partial charge in [0.25, 0.3) is 0 Å². The summed E-state index contributed by atoms with van der Waals surface area (Å²) in [6.45, 7) is 9.23. The van der Waals surface area contributed by atoms with Crippen molar-refractivity contribution in [1.29, 1.82) is 0 Å². The molecule has 1 atom stereocenters. The number of hydrogen-bond acceptors (Lipinski definition) is 4. The lowest BCUT2D eigenvalue weighted by atomic mass is 10.1. The van der Waals surface area contributed by atoms with Crippen LogP contribution in [0.25, 0.3) is 0 Å². The van der Waals surface area contributed by atoms with E-state index in [4.69, 9.17) is 4.42 Å². The summed E-state index contributed by atoms with van der Waals surface area (Å²) in [5.41, 5.74) is 1.04. The van der Waals surface area contributed by atoms with Crippen molar-refractivity contribution >= 4 is 10.0 Å². The van der Waals surface area contributed by atoms with Crippen LogP contribution in [0.5, 0.6) is 0 Å². The lowest BCUT2D eigenvalue weighted by Crippen LogP contribution is -2.30. The number of aryl methyl sites for hydroxylation is 1. The van der Waals surface area contributed by atoms with E-state index in [2.05, 4.69) is 5.32 Å². The highest BCUT2D eigenvalue weighted by molar-refractivity contribution is 7.89. The summed E-state index contributed by atoms with van der Waals surface area (Å²) >= 11 is 0. The third-order valence-electron chi connectivity index (χ3n) is 4.10. The monoisotopic (exact) mass is 350 g/mol. The maximum absolute atomic E-state index is 12.5. The topological polar surface area (TPSA) is 62.6 Å². The molecule has 0 aliphatic carbocycles. The number of sulfonamides is 1. The lowest BCUT2D eigenvalue weighted by Gasteiger charge is -2.19. The van der Waals surface area contributed by atoms with Crippen LogP contribution in [0.3, 0.4) is 0 Å². The molecule has 132 valence electrons. The molecule has 1 aromatic carbocycles. The zero-order chi connectivity index (χ0) is 17.7. The normalized spacial score (nSPS) is 13.4. The highest BCUT2D eigenvalue weighted by Crippen LogP contribution is 2.20. The fourth-order valence-corrected chi connectivity index (χ4v) is 4.05. The number of benzene rings is 1. The van der Waals surface area contributed by atoms with Gasteiger partial charge in [-0.15, -0.1) is 0 Å². The molecule has 2 aromatic rings. The zero-order valence-corrected chi connectivity index (χ0v) is 15.6. The number of hydrogen-bond donors (Lipinski definition) is 1. The minimum atomic E-state index is -3.40. The second kappa shape index (κ2) is 7.96. The molecule has 0 bridgehead atoms. The van der Waals surface area contributed by atoms with Gasteiger partial charge >= 0.3 is 0 Å². The molecule has 1 heterocycles. The Kier molecular flexibility index (Phi) is 6.21. The molecule has 24 heavy (non-hydrogen) atoms. The highest BCUT2D eigenvalue weighted by Gasteiger charge is 2.21. The Morgan fingerprint density at radius 3 is 2.21 bits per heavy atom. The van der Waals surface area contributed by atoms with Crippen molar-refractivity contribution in [2.75, 3.05) is 13.1 Å². The van der Waals surface area contributed by atoms with Crippen molar-refractivity contribution in [3.8, 4) is 0 Å². The molecular formula is C18H26N2O3S. The molecule has 0 radical (unpaired) electrons. The Bertz CT molecular complexity index is 747. The van der Waals surface area contributed by atoms with Crippen LogP contribution in [0, 0.1) is 6.92 Å². The van der Waals surface area contributed by atoms with Crippen LogP contribution in [0.1, 0.15) is 43.9 Å². The Morgan fingerprint density at radius 1 is 1.08 bits per heavy atom. The maximum atomic E-state index is 12.5. The third kappa shape index (κ3) is 4.26. The number of nitrogens with zero attached hydrogens (tertiary/aromatic N) is 1. The smallest absolute Gasteiger partial charge is 0.243 e. The summed E-state index contributed by atoms with van der Waals surface area (Å²) in [5, 5.41) is 3.38. The number of furan rings is 1. The van der Waals surface area contributed by atoms with E-state index in [0.29, 0.717) is 24.5 Å². The molecule has 0 aliphatic heterocycles. The summed E-state index contributed by atoms with van der Waals surface area (Å²) < 4.78 is 32.0. The van der Waals surface area contributed by atoms with Crippen molar-refractivity contribution in [1.82, 2.24) is 9.62 Å². The van der Waals surface area contributed by atoms with Gasteiger partial charge in [0.1, 0.15) is 11.5 Å². The summed E-state index contributed by atoms with van der Waals surface area (Å²) in [5.74, 6) is 1.78. The van der Waals surface area contributed by atoms with Crippen molar-refractivity contribution in [2.45, 2.75) is 45.2 Å². The van der Waals surface area contributed by atoms with E-state index in [0.717, 1.165) is 17.1 Å². The van der Waals surface area contributed by atoms with E-state index in [-0.39, 0.29) is 6.04 Å². The van der Waals surface area contributed by atoms with Crippen LogP contribution < -0.4 is 5.32 Å². The number of nitrogens with one attached hydrogen (secondary N) is 1. The van der Waals surface area contributed by atoms with Crippen LogP contribution in [0.4, 0.5) is 0 Å². The molecule has 0 aliphatic rings. The molecule has 2 rings (SSSR count). The van der Waals surface area contributed by atoms with E-state index in [1.165, 1.54) is 4.31 Å². The first-order valence-electron chi connectivity index (χ1n) is 8.27. The van der Waals surface area contributed by atoms with Gasteiger partial charge in [-0.2, -0.15) is 4.31 Å². The lowest BCUT2D eigenvalue weighted by molar-refractivity contribution is 0.443. The Morgan fingerprint density at radius 2 is 1.71 bits per heavy atom. The fourth-order valence-electron chi connectivity index (χ4n) is 2.59. The second-order valence-electron chi connectivity index (χ2n) is 5.77. The summed E-state index contributed by atoms with van der Waals surface area (Å²) in [7, 11) is -3.40. The van der Waals surface area contributed by atoms with Gasteiger partial charge in [-0.25, -0.2) is 8.42 Å². The molecule has 5 nitrogen and oxygen atoms in total. The van der Waals surface area contributed by atoms with Gasteiger partial charge in [0.2, 0.25) is 10.0 Å². The highest BCUT2D eigenvalue weighted by atomic mass is 32.2. The predicted molar refractivity (Wildman–Crippen MR) is 95.2 cm³/mol. The van der Waals surface area contributed by atoms with E-state index in [9.17, 15) is 8.42 Å². The van der Waals surface area contributed by atoms with Gasteiger partial charge in [0, 0.05) is 19.1 Å². The second-order valence-corrected chi connectivity index (χ2v) is 7.71. The van der Waals surface area contributed by atoms with Gasteiger partial charge in [0.15, 0.2) is 0 Å². The predicted octanol–water partition coefficient (Wildman–Crippen LogP) is 3.47. The van der Waals surface area contributed by atoms with Gasteiger partial charge < -0.3 is 9.73 Å². The molecule has 0 fully saturated rings. The molecule has 0 amide bonds. The Hall–Kier alpha value is -1.63. The van der Waals surface area contributed by atoms with Gasteiger partial charge in [0.05, 0.1) is 11.4 Å². The molecule has 0 spiro atoms.